The number of hydrogen-bond acceptors (Lipinski definition) is 10. The maximum absolute atomic E-state index is 9.28. The Labute approximate surface area is 117 Å². The van der Waals surface area contributed by atoms with E-state index in [0.29, 0.717) is 0 Å². The first-order valence-electron chi connectivity index (χ1n) is 5.75. The van der Waals surface area contributed by atoms with Gasteiger partial charge in [-0.15, -0.1) is 0 Å². The van der Waals surface area contributed by atoms with Gasteiger partial charge in [0, 0.05) is 21.3 Å². The van der Waals surface area contributed by atoms with Crippen LogP contribution in [-0.2, 0) is 14.2 Å². The first-order valence-corrected chi connectivity index (χ1v) is 5.75. The van der Waals surface area contributed by atoms with Crippen molar-refractivity contribution in [2.45, 2.75) is 0 Å². The van der Waals surface area contributed by atoms with E-state index in [1.165, 1.54) is 12.0 Å². The van der Waals surface area contributed by atoms with Crippen LogP contribution in [0.3, 0.4) is 0 Å². The first kappa shape index (κ1) is 16.3. The molecule has 114 valence electrons. The third-order valence-corrected chi connectivity index (χ3v) is 2.22. The van der Waals surface area contributed by atoms with Crippen LogP contribution in [0.25, 0.3) is 0 Å². The zero-order valence-electron chi connectivity index (χ0n) is 11.8. The van der Waals surface area contributed by atoms with Crippen LogP contribution in [-0.4, -0.2) is 68.3 Å². The van der Waals surface area contributed by atoms with Crippen LogP contribution in [0, 0.1) is 0 Å². The van der Waals surface area contributed by atoms with Gasteiger partial charge in [0.15, 0.2) is 0 Å². The molecule has 0 bridgehead atoms. The number of nitrogen functional groups attached to an aromatic ring is 1. The largest absolute Gasteiger partial charge is 0.376 e. The summed E-state index contributed by atoms with van der Waals surface area (Å²) in [5.74, 6) is 0.511. The maximum Gasteiger partial charge on any atom is 0.235 e. The van der Waals surface area contributed by atoms with Crippen LogP contribution in [0.2, 0.25) is 0 Å². The standard InChI is InChI=1S/C10H20N6O4/c1-18-5-15(4-17)9-12-8(11)13-10(14-9)16(6-19-2)7-20-3/h17H,4-7H2,1-3H3,(H2,11,12,13,14). The SMILES string of the molecule is COCN(CO)c1nc(N)nc(N(COC)COC)n1. The summed E-state index contributed by atoms with van der Waals surface area (Å²) in [4.78, 5) is 15.2. The van der Waals surface area contributed by atoms with Crippen LogP contribution in [0.5, 0.6) is 0 Å². The second-order valence-electron chi connectivity index (χ2n) is 3.77. The Balaban J connectivity index is 3.04. The van der Waals surface area contributed by atoms with E-state index in [4.69, 9.17) is 19.9 Å². The van der Waals surface area contributed by atoms with Crippen molar-refractivity contribution >= 4 is 17.8 Å². The van der Waals surface area contributed by atoms with Crippen LogP contribution in [0.1, 0.15) is 0 Å². The number of hydrogen-bond donors (Lipinski definition) is 2. The number of aliphatic hydroxyl groups is 1. The molecular formula is C10H20N6O4. The van der Waals surface area contributed by atoms with E-state index in [-0.39, 0.29) is 44.8 Å². The lowest BCUT2D eigenvalue weighted by Crippen LogP contribution is -2.33. The van der Waals surface area contributed by atoms with E-state index in [1.54, 1.807) is 19.1 Å². The molecule has 0 aromatic carbocycles. The molecule has 20 heavy (non-hydrogen) atoms. The number of nitrogens with zero attached hydrogens (tertiary/aromatic N) is 5. The Bertz CT molecular complexity index is 401. The van der Waals surface area contributed by atoms with E-state index in [1.807, 2.05) is 0 Å². The van der Waals surface area contributed by atoms with Gasteiger partial charge >= 0.3 is 0 Å². The summed E-state index contributed by atoms with van der Waals surface area (Å²) in [6.45, 7) is 0.250. The van der Waals surface area contributed by atoms with Crippen molar-refractivity contribution in [1.29, 1.82) is 0 Å². The van der Waals surface area contributed by atoms with Gasteiger partial charge in [-0.2, -0.15) is 15.0 Å². The molecule has 1 aromatic heterocycles. The van der Waals surface area contributed by atoms with Gasteiger partial charge < -0.3 is 25.1 Å². The van der Waals surface area contributed by atoms with Crippen molar-refractivity contribution in [3.63, 3.8) is 0 Å². The molecule has 0 saturated carbocycles. The smallest absolute Gasteiger partial charge is 0.235 e. The topological polar surface area (TPSA) is 119 Å². The Hall–Kier alpha value is -1.75. The second kappa shape index (κ2) is 8.43. The molecule has 0 unspecified atom stereocenters. The van der Waals surface area contributed by atoms with Gasteiger partial charge in [-0.1, -0.05) is 0 Å². The van der Waals surface area contributed by atoms with Gasteiger partial charge in [-0.05, 0) is 0 Å². The minimum Gasteiger partial charge on any atom is -0.376 e. The lowest BCUT2D eigenvalue weighted by atomic mass is 10.7. The molecule has 3 N–H and O–H groups in total. The molecule has 0 aliphatic rings. The number of methoxy groups -OCH3 is 3. The molecule has 0 amide bonds. The van der Waals surface area contributed by atoms with Crippen molar-refractivity contribution in [3.05, 3.63) is 0 Å². The molecule has 0 aliphatic heterocycles. The van der Waals surface area contributed by atoms with Crippen LogP contribution in [0.15, 0.2) is 0 Å². The van der Waals surface area contributed by atoms with Gasteiger partial charge in [-0.25, -0.2) is 0 Å². The van der Waals surface area contributed by atoms with E-state index in [0.717, 1.165) is 0 Å². The molecule has 0 radical (unpaired) electrons. The molecule has 10 heteroatoms. The third-order valence-electron chi connectivity index (χ3n) is 2.22. The predicted molar refractivity (Wildman–Crippen MR) is 71.9 cm³/mol. The molecule has 1 heterocycles. The van der Waals surface area contributed by atoms with Crippen molar-refractivity contribution in [3.8, 4) is 0 Å². The number of aromatic nitrogens is 3. The summed E-state index contributed by atoms with van der Waals surface area (Å²) in [5.41, 5.74) is 5.66. The van der Waals surface area contributed by atoms with Crippen LogP contribution in [0.4, 0.5) is 17.8 Å². The molecule has 0 saturated heterocycles. The van der Waals surface area contributed by atoms with Crippen molar-refractivity contribution < 1.29 is 19.3 Å². The molecular weight excluding hydrogens is 268 g/mol. The highest BCUT2D eigenvalue weighted by Crippen LogP contribution is 2.15. The normalized spacial score (nSPS) is 10.6. The molecule has 0 spiro atoms. The summed E-state index contributed by atoms with van der Waals surface area (Å²) >= 11 is 0. The zero-order chi connectivity index (χ0) is 15.0. The van der Waals surface area contributed by atoms with E-state index in [2.05, 4.69) is 15.0 Å². The van der Waals surface area contributed by atoms with Crippen molar-refractivity contribution in [2.24, 2.45) is 0 Å². The van der Waals surface area contributed by atoms with Gasteiger partial charge in [0.05, 0.1) is 0 Å². The number of ether oxygens (including phenoxy) is 3. The molecule has 0 fully saturated rings. The molecule has 0 aliphatic carbocycles. The maximum atomic E-state index is 9.28. The first-order chi connectivity index (χ1) is 9.65. The van der Waals surface area contributed by atoms with Crippen LogP contribution < -0.4 is 15.5 Å². The lowest BCUT2D eigenvalue weighted by Gasteiger charge is -2.23. The average Bonchev–Trinajstić information content (AvgIpc) is 2.43. The van der Waals surface area contributed by atoms with E-state index in [9.17, 15) is 5.11 Å². The highest BCUT2D eigenvalue weighted by atomic mass is 16.5. The monoisotopic (exact) mass is 288 g/mol. The Morgan fingerprint density at radius 3 is 1.80 bits per heavy atom. The van der Waals surface area contributed by atoms with Gasteiger partial charge in [0.1, 0.15) is 26.9 Å². The Morgan fingerprint density at radius 1 is 0.900 bits per heavy atom. The van der Waals surface area contributed by atoms with Gasteiger partial charge in [0.25, 0.3) is 0 Å². The zero-order valence-corrected chi connectivity index (χ0v) is 11.8. The van der Waals surface area contributed by atoms with Crippen molar-refractivity contribution in [2.75, 3.05) is 63.8 Å². The molecule has 1 rings (SSSR count). The Kier molecular flexibility index (Phi) is 6.87. The van der Waals surface area contributed by atoms with Crippen molar-refractivity contribution in [1.82, 2.24) is 15.0 Å². The number of rotatable bonds is 9. The number of nitrogens with two attached hydrogens (primary N) is 1. The highest BCUT2D eigenvalue weighted by molar-refractivity contribution is 5.42. The van der Waals surface area contributed by atoms with Crippen LogP contribution >= 0.6 is 0 Å². The van der Waals surface area contributed by atoms with Gasteiger partial charge in [-0.3, -0.25) is 9.80 Å². The summed E-state index contributed by atoms with van der Waals surface area (Å²) in [6.07, 6.45) is 0. The fourth-order valence-corrected chi connectivity index (χ4v) is 1.43. The predicted octanol–water partition coefficient (Wildman–Crippen LogP) is -1.17. The second-order valence-corrected chi connectivity index (χ2v) is 3.77. The summed E-state index contributed by atoms with van der Waals surface area (Å²) in [6, 6.07) is 0. The summed E-state index contributed by atoms with van der Waals surface area (Å²) in [5, 5.41) is 9.28. The number of aliphatic hydroxyl groups excluding tert-OH is 1. The van der Waals surface area contributed by atoms with E-state index < -0.39 is 0 Å². The summed E-state index contributed by atoms with van der Waals surface area (Å²) in [7, 11) is 4.58. The Morgan fingerprint density at radius 2 is 1.35 bits per heavy atom. The molecule has 0 atom stereocenters. The molecule has 1 aromatic rings. The number of anilines is 3. The fraction of sp³-hybridized carbons (Fsp3) is 0.700. The minimum absolute atomic E-state index is 0.0248. The third kappa shape index (κ3) is 4.42. The van der Waals surface area contributed by atoms with Gasteiger partial charge in [0.2, 0.25) is 17.8 Å². The fourth-order valence-electron chi connectivity index (χ4n) is 1.43. The minimum atomic E-state index is -0.314. The highest BCUT2D eigenvalue weighted by Gasteiger charge is 2.16. The lowest BCUT2D eigenvalue weighted by molar-refractivity contribution is 0.138. The summed E-state index contributed by atoms with van der Waals surface area (Å²) < 4.78 is 15.0. The average molecular weight is 288 g/mol. The van der Waals surface area contributed by atoms with E-state index >= 15 is 0 Å². The molecule has 10 nitrogen and oxygen atoms in total. The quantitative estimate of drug-likeness (QED) is 0.538.